The highest BCUT2D eigenvalue weighted by Crippen LogP contribution is 2.28. The Labute approximate surface area is 166 Å². The van der Waals surface area contributed by atoms with Crippen molar-refractivity contribution in [2.75, 3.05) is 13.7 Å². The summed E-state index contributed by atoms with van der Waals surface area (Å²) in [6.45, 7) is 4.60. The van der Waals surface area contributed by atoms with Crippen molar-refractivity contribution in [1.82, 2.24) is 10.3 Å². The lowest BCUT2D eigenvalue weighted by molar-refractivity contribution is 0.0944. The molecule has 152 valence electrons. The number of methoxy groups -OCH3 is 1. The van der Waals surface area contributed by atoms with Crippen molar-refractivity contribution in [1.29, 1.82) is 0 Å². The number of unbranched alkanes of at least 4 members (excludes halogenated alkanes) is 1. The summed E-state index contributed by atoms with van der Waals surface area (Å²) in [5.41, 5.74) is 3.48. The number of hydrogen-bond donors (Lipinski definition) is 2. The molecule has 0 saturated heterocycles. The lowest BCUT2D eigenvalue weighted by Gasteiger charge is -2.13. The topological polar surface area (TPSA) is 93.7 Å². The fourth-order valence-corrected chi connectivity index (χ4v) is 3.24. The van der Waals surface area contributed by atoms with Crippen LogP contribution >= 0.6 is 0 Å². The number of nitrogens with one attached hydrogen (secondary N) is 2. The van der Waals surface area contributed by atoms with Crippen molar-refractivity contribution in [3.05, 3.63) is 53.6 Å². The number of benzene rings is 2. The predicted octanol–water partition coefficient (Wildman–Crippen LogP) is 3.06. The second-order valence-electron chi connectivity index (χ2n) is 6.12. The first-order valence-corrected chi connectivity index (χ1v) is 10.6. The summed E-state index contributed by atoms with van der Waals surface area (Å²) in [5, 5.41) is 0. The Morgan fingerprint density at radius 3 is 2.36 bits per heavy atom. The van der Waals surface area contributed by atoms with E-state index in [4.69, 9.17) is 9.47 Å². The molecule has 0 bridgehead atoms. The van der Waals surface area contributed by atoms with Gasteiger partial charge in [0.25, 0.3) is 15.9 Å². The molecule has 2 rings (SSSR count). The number of sulfonamides is 1. The van der Waals surface area contributed by atoms with Crippen LogP contribution in [0.1, 0.15) is 42.6 Å². The van der Waals surface area contributed by atoms with Crippen LogP contribution in [0.2, 0.25) is 0 Å². The minimum atomic E-state index is -3.87. The van der Waals surface area contributed by atoms with E-state index in [1.807, 2.05) is 6.92 Å². The Morgan fingerprint density at radius 1 is 1.04 bits per heavy atom. The zero-order valence-electron chi connectivity index (χ0n) is 16.3. The molecule has 1 amide bonds. The van der Waals surface area contributed by atoms with Gasteiger partial charge in [0.2, 0.25) is 0 Å². The van der Waals surface area contributed by atoms with Gasteiger partial charge >= 0.3 is 0 Å². The molecule has 0 heterocycles. The molecule has 0 unspecified atom stereocenters. The van der Waals surface area contributed by atoms with Crippen LogP contribution in [-0.2, 0) is 16.4 Å². The van der Waals surface area contributed by atoms with E-state index < -0.39 is 15.9 Å². The van der Waals surface area contributed by atoms with Crippen molar-refractivity contribution in [2.45, 2.75) is 38.0 Å². The van der Waals surface area contributed by atoms with Crippen molar-refractivity contribution >= 4 is 15.9 Å². The maximum absolute atomic E-state index is 12.3. The summed E-state index contributed by atoms with van der Waals surface area (Å²) in [6, 6.07) is 11.1. The third-order valence-corrected chi connectivity index (χ3v) is 5.39. The Kier molecular flexibility index (Phi) is 7.83. The summed E-state index contributed by atoms with van der Waals surface area (Å²) in [7, 11) is -2.39. The minimum Gasteiger partial charge on any atom is -0.493 e. The lowest BCUT2D eigenvalue weighted by atomic mass is 10.2. The van der Waals surface area contributed by atoms with Gasteiger partial charge in [0, 0.05) is 5.56 Å². The van der Waals surface area contributed by atoms with E-state index in [0.29, 0.717) is 18.1 Å². The summed E-state index contributed by atoms with van der Waals surface area (Å²) in [6.07, 6.45) is 2.72. The number of carbonyl (C=O) groups excluding carboxylic acids is 1. The van der Waals surface area contributed by atoms with Crippen LogP contribution in [-0.4, -0.2) is 28.0 Å². The number of ether oxygens (including phenoxy) is 2. The monoisotopic (exact) mass is 406 g/mol. The van der Waals surface area contributed by atoms with Crippen LogP contribution in [0, 0.1) is 0 Å². The van der Waals surface area contributed by atoms with Gasteiger partial charge in [-0.05, 0) is 48.7 Å². The minimum absolute atomic E-state index is 0.0715. The number of rotatable bonds is 10. The molecule has 0 saturated carbocycles. The van der Waals surface area contributed by atoms with Gasteiger partial charge in [0.15, 0.2) is 11.5 Å². The quantitative estimate of drug-likeness (QED) is 0.467. The molecule has 2 N–H and O–H groups in total. The molecule has 8 heteroatoms. The van der Waals surface area contributed by atoms with Crippen molar-refractivity contribution in [3.63, 3.8) is 0 Å². The average Bonchev–Trinajstić information content (AvgIpc) is 2.72. The van der Waals surface area contributed by atoms with Gasteiger partial charge in [0.1, 0.15) is 0 Å². The van der Waals surface area contributed by atoms with E-state index >= 15 is 0 Å². The highest BCUT2D eigenvalue weighted by molar-refractivity contribution is 7.89. The van der Waals surface area contributed by atoms with Gasteiger partial charge in [-0.15, -0.1) is 4.83 Å². The average molecular weight is 407 g/mol. The molecule has 28 heavy (non-hydrogen) atoms. The Morgan fingerprint density at radius 2 is 1.75 bits per heavy atom. The fourth-order valence-electron chi connectivity index (χ4n) is 2.40. The Hall–Kier alpha value is -2.58. The van der Waals surface area contributed by atoms with Gasteiger partial charge in [0.05, 0.1) is 18.6 Å². The Balaban J connectivity index is 2.05. The van der Waals surface area contributed by atoms with Gasteiger partial charge < -0.3 is 9.47 Å². The molecule has 0 aliphatic carbocycles. The summed E-state index contributed by atoms with van der Waals surface area (Å²) >= 11 is 0. The van der Waals surface area contributed by atoms with E-state index in [-0.39, 0.29) is 10.5 Å². The summed E-state index contributed by atoms with van der Waals surface area (Å²) < 4.78 is 35.5. The normalized spacial score (nSPS) is 11.1. The summed E-state index contributed by atoms with van der Waals surface area (Å²) in [4.78, 5) is 14.5. The fraction of sp³-hybridized carbons (Fsp3) is 0.350. The maximum Gasteiger partial charge on any atom is 0.266 e. The molecule has 0 fully saturated rings. The summed E-state index contributed by atoms with van der Waals surface area (Å²) in [5.74, 6) is 0.332. The third-order valence-electron chi connectivity index (χ3n) is 4.12. The molecule has 0 aliphatic rings. The molecule has 2 aromatic rings. The molecule has 0 aliphatic heterocycles. The van der Waals surface area contributed by atoms with Gasteiger partial charge in [-0.2, -0.15) is 0 Å². The number of amides is 1. The molecule has 7 nitrogen and oxygen atoms in total. The first kappa shape index (κ1) is 21.7. The van der Waals surface area contributed by atoms with Gasteiger partial charge in [-0.3, -0.25) is 10.2 Å². The van der Waals surface area contributed by atoms with E-state index in [1.165, 1.54) is 25.3 Å². The molecule has 0 radical (unpaired) electrons. The van der Waals surface area contributed by atoms with Crippen LogP contribution < -0.4 is 19.7 Å². The van der Waals surface area contributed by atoms with Gasteiger partial charge in [-0.1, -0.05) is 32.4 Å². The second kappa shape index (κ2) is 10.1. The Bertz CT molecular complexity index is 895. The molecule has 0 spiro atoms. The molecule has 2 aromatic carbocycles. The highest BCUT2D eigenvalue weighted by atomic mass is 32.2. The van der Waals surface area contributed by atoms with E-state index in [0.717, 1.165) is 24.8 Å². The van der Waals surface area contributed by atoms with Crippen molar-refractivity contribution in [3.8, 4) is 11.5 Å². The number of carbonyl (C=O) groups is 1. The van der Waals surface area contributed by atoms with Crippen LogP contribution in [0.4, 0.5) is 0 Å². The smallest absolute Gasteiger partial charge is 0.266 e. The molecular weight excluding hydrogens is 380 g/mol. The standard InChI is InChI=1S/C20H26N2O5S/c1-4-6-13-27-18-12-9-16(14-19(18)26-3)20(23)21-22-28(24,25)17-10-7-15(5-2)8-11-17/h7-12,14,22H,4-6,13H2,1-3H3,(H,21,23). The zero-order valence-corrected chi connectivity index (χ0v) is 17.1. The predicted molar refractivity (Wildman–Crippen MR) is 107 cm³/mol. The first-order valence-electron chi connectivity index (χ1n) is 9.13. The van der Waals surface area contributed by atoms with Crippen LogP contribution in [0.3, 0.4) is 0 Å². The van der Waals surface area contributed by atoms with Crippen LogP contribution in [0.25, 0.3) is 0 Å². The van der Waals surface area contributed by atoms with E-state index in [1.54, 1.807) is 24.3 Å². The number of aryl methyl sites for hydroxylation is 1. The number of hydrazine groups is 1. The maximum atomic E-state index is 12.3. The van der Waals surface area contributed by atoms with E-state index in [2.05, 4.69) is 17.2 Å². The largest absolute Gasteiger partial charge is 0.493 e. The molecule has 0 aromatic heterocycles. The van der Waals surface area contributed by atoms with E-state index in [9.17, 15) is 13.2 Å². The SMILES string of the molecule is CCCCOc1ccc(C(=O)NNS(=O)(=O)c2ccc(CC)cc2)cc1OC. The lowest BCUT2D eigenvalue weighted by Crippen LogP contribution is -2.41. The molecular formula is C20H26N2O5S. The third kappa shape index (κ3) is 5.71. The van der Waals surface area contributed by atoms with Crippen LogP contribution in [0.15, 0.2) is 47.4 Å². The van der Waals surface area contributed by atoms with Crippen LogP contribution in [0.5, 0.6) is 11.5 Å². The molecule has 0 atom stereocenters. The van der Waals surface area contributed by atoms with Gasteiger partial charge in [-0.25, -0.2) is 8.42 Å². The second-order valence-corrected chi connectivity index (χ2v) is 7.81. The highest BCUT2D eigenvalue weighted by Gasteiger charge is 2.17. The number of hydrogen-bond acceptors (Lipinski definition) is 5. The zero-order chi connectivity index (χ0) is 20.6. The first-order chi connectivity index (χ1) is 13.4. The van der Waals surface area contributed by atoms with Crippen molar-refractivity contribution in [2.24, 2.45) is 0 Å². The van der Waals surface area contributed by atoms with Crippen molar-refractivity contribution < 1.29 is 22.7 Å².